The molecule has 1 unspecified atom stereocenters. The van der Waals surface area contributed by atoms with Crippen molar-refractivity contribution in [1.29, 1.82) is 0 Å². The molecule has 0 aliphatic carbocycles. The van der Waals surface area contributed by atoms with Gasteiger partial charge in [-0.15, -0.1) is 24.0 Å². The van der Waals surface area contributed by atoms with Crippen molar-refractivity contribution in [3.63, 3.8) is 0 Å². The van der Waals surface area contributed by atoms with E-state index in [1.165, 1.54) is 0 Å². The first-order valence-corrected chi connectivity index (χ1v) is 8.53. The molecule has 0 bridgehead atoms. The Bertz CT molecular complexity index is 535. The van der Waals surface area contributed by atoms with Crippen molar-refractivity contribution in [2.75, 3.05) is 19.8 Å². The summed E-state index contributed by atoms with van der Waals surface area (Å²) in [5.74, 6) is 3.05. The van der Waals surface area contributed by atoms with Gasteiger partial charge >= 0.3 is 0 Å². The topological polar surface area (TPSA) is 54.9 Å². The van der Waals surface area contributed by atoms with Crippen molar-refractivity contribution in [3.8, 4) is 11.5 Å². The average Bonchev–Trinajstić information content (AvgIpc) is 2.77. The molecule has 1 heterocycles. The highest BCUT2D eigenvalue weighted by molar-refractivity contribution is 14.0. The van der Waals surface area contributed by atoms with Crippen molar-refractivity contribution in [2.24, 2.45) is 10.9 Å². The zero-order chi connectivity index (χ0) is 16.7. The Kier molecular flexibility index (Phi) is 9.25. The van der Waals surface area contributed by atoms with Crippen molar-refractivity contribution in [3.05, 3.63) is 23.8 Å². The third-order valence-electron chi connectivity index (χ3n) is 3.94. The Hall–Kier alpha value is -1.18. The first-order chi connectivity index (χ1) is 11.1. The van der Waals surface area contributed by atoms with E-state index in [0.717, 1.165) is 36.0 Å². The van der Waals surface area contributed by atoms with Crippen LogP contribution in [0.25, 0.3) is 0 Å². The van der Waals surface area contributed by atoms with Gasteiger partial charge in [0.2, 0.25) is 0 Å². The number of benzene rings is 1. The molecular weight excluding hydrogens is 417 g/mol. The quantitative estimate of drug-likeness (QED) is 0.412. The van der Waals surface area contributed by atoms with Gasteiger partial charge in [-0.2, -0.15) is 0 Å². The van der Waals surface area contributed by atoms with E-state index in [9.17, 15) is 0 Å². The predicted octanol–water partition coefficient (Wildman–Crippen LogP) is 3.57. The average molecular weight is 447 g/mol. The van der Waals surface area contributed by atoms with Gasteiger partial charge in [-0.3, -0.25) is 0 Å². The Balaban J connectivity index is 0.00000288. The van der Waals surface area contributed by atoms with E-state index >= 15 is 0 Å². The minimum absolute atomic E-state index is 0. The number of fused-ring (bicyclic) bond motifs is 1. The molecule has 2 N–H and O–H groups in total. The molecule has 0 radical (unpaired) electrons. The van der Waals surface area contributed by atoms with E-state index in [0.29, 0.717) is 31.7 Å². The monoisotopic (exact) mass is 447 g/mol. The lowest BCUT2D eigenvalue weighted by atomic mass is 10.1. The molecule has 0 spiro atoms. The van der Waals surface area contributed by atoms with Crippen LogP contribution in [-0.2, 0) is 6.54 Å². The van der Waals surface area contributed by atoms with Crippen LogP contribution in [0.1, 0.15) is 39.7 Å². The number of hydrogen-bond acceptors (Lipinski definition) is 3. The van der Waals surface area contributed by atoms with Crippen LogP contribution >= 0.6 is 24.0 Å². The summed E-state index contributed by atoms with van der Waals surface area (Å²) in [5, 5.41) is 6.74. The Labute approximate surface area is 162 Å². The maximum absolute atomic E-state index is 5.73. The molecule has 0 aromatic heterocycles. The van der Waals surface area contributed by atoms with E-state index in [-0.39, 0.29) is 24.0 Å². The van der Waals surface area contributed by atoms with Gasteiger partial charge in [0.25, 0.3) is 0 Å². The molecule has 0 saturated carbocycles. The van der Waals surface area contributed by atoms with Gasteiger partial charge in [-0.05, 0) is 37.5 Å². The van der Waals surface area contributed by atoms with Crippen LogP contribution in [0.4, 0.5) is 0 Å². The lowest BCUT2D eigenvalue weighted by Crippen LogP contribution is -2.44. The Morgan fingerprint density at radius 1 is 1.17 bits per heavy atom. The highest BCUT2D eigenvalue weighted by Gasteiger charge is 2.11. The molecule has 0 fully saturated rings. The summed E-state index contributed by atoms with van der Waals surface area (Å²) in [4.78, 5) is 4.68. The van der Waals surface area contributed by atoms with Crippen LogP contribution in [0.2, 0.25) is 0 Å². The third kappa shape index (κ3) is 6.37. The summed E-state index contributed by atoms with van der Waals surface area (Å²) < 4.78 is 11.4. The number of halogens is 1. The molecule has 1 aliphatic heterocycles. The fourth-order valence-corrected chi connectivity index (χ4v) is 2.18. The number of guanidine groups is 1. The Morgan fingerprint density at radius 3 is 2.54 bits per heavy atom. The van der Waals surface area contributed by atoms with Crippen molar-refractivity contribution < 1.29 is 9.47 Å². The predicted molar refractivity (Wildman–Crippen MR) is 110 cm³/mol. The van der Waals surface area contributed by atoms with Gasteiger partial charge < -0.3 is 20.1 Å². The van der Waals surface area contributed by atoms with Gasteiger partial charge in [-0.1, -0.05) is 19.9 Å². The van der Waals surface area contributed by atoms with Gasteiger partial charge in [0, 0.05) is 19.0 Å². The van der Waals surface area contributed by atoms with Gasteiger partial charge in [-0.25, -0.2) is 4.99 Å². The zero-order valence-electron chi connectivity index (χ0n) is 15.1. The molecule has 1 aliphatic rings. The molecular formula is C18H30IN3O2. The molecule has 6 heteroatoms. The molecule has 1 aromatic carbocycles. The van der Waals surface area contributed by atoms with Crippen LogP contribution in [0.5, 0.6) is 11.5 Å². The number of nitrogens with zero attached hydrogens (tertiary/aromatic N) is 1. The molecule has 24 heavy (non-hydrogen) atoms. The summed E-state index contributed by atoms with van der Waals surface area (Å²) in [5.41, 5.74) is 1.11. The standard InChI is InChI=1S/C18H29N3O2.HI/c1-5-19-18(21-14(4)13(2)3)20-12-15-7-8-16-17(11-15)23-10-6-9-22-16;/h7-8,11,13-14H,5-6,9-10,12H2,1-4H3,(H2,19,20,21);1H. The molecule has 0 amide bonds. The van der Waals surface area contributed by atoms with Gasteiger partial charge in [0.05, 0.1) is 19.8 Å². The second-order valence-corrected chi connectivity index (χ2v) is 6.20. The largest absolute Gasteiger partial charge is 0.490 e. The summed E-state index contributed by atoms with van der Waals surface area (Å²) in [7, 11) is 0. The number of hydrogen-bond donors (Lipinski definition) is 2. The van der Waals surface area contributed by atoms with Crippen molar-refractivity contribution in [1.82, 2.24) is 10.6 Å². The lowest BCUT2D eigenvalue weighted by molar-refractivity contribution is 0.297. The molecule has 136 valence electrons. The fraction of sp³-hybridized carbons (Fsp3) is 0.611. The molecule has 0 saturated heterocycles. The summed E-state index contributed by atoms with van der Waals surface area (Å²) in [6.07, 6.45) is 0.920. The highest BCUT2D eigenvalue weighted by Crippen LogP contribution is 2.30. The first kappa shape index (κ1) is 20.9. The van der Waals surface area contributed by atoms with Gasteiger partial charge in [0.1, 0.15) is 0 Å². The number of nitrogens with one attached hydrogen (secondary N) is 2. The summed E-state index contributed by atoms with van der Waals surface area (Å²) in [6.45, 7) is 11.5. The van der Waals surface area contributed by atoms with Crippen LogP contribution in [0.15, 0.2) is 23.2 Å². The maximum Gasteiger partial charge on any atom is 0.191 e. The fourth-order valence-electron chi connectivity index (χ4n) is 2.18. The van der Waals surface area contributed by atoms with E-state index in [4.69, 9.17) is 9.47 Å². The van der Waals surface area contributed by atoms with Crippen LogP contribution < -0.4 is 20.1 Å². The summed E-state index contributed by atoms with van der Waals surface area (Å²) in [6, 6.07) is 6.42. The SMILES string of the molecule is CCNC(=NCc1ccc2c(c1)OCCCO2)NC(C)C(C)C.I. The number of ether oxygens (including phenoxy) is 2. The van der Waals surface area contributed by atoms with Crippen LogP contribution in [0, 0.1) is 5.92 Å². The highest BCUT2D eigenvalue weighted by atomic mass is 127. The zero-order valence-corrected chi connectivity index (χ0v) is 17.4. The maximum atomic E-state index is 5.73. The van der Waals surface area contributed by atoms with Crippen LogP contribution in [-0.4, -0.2) is 31.8 Å². The number of aliphatic imine (C=N–C) groups is 1. The second kappa shape index (κ2) is 10.6. The van der Waals surface area contributed by atoms with Gasteiger partial charge in [0.15, 0.2) is 17.5 Å². The van der Waals surface area contributed by atoms with E-state index in [1.54, 1.807) is 0 Å². The second-order valence-electron chi connectivity index (χ2n) is 6.20. The molecule has 1 aromatic rings. The smallest absolute Gasteiger partial charge is 0.191 e. The van der Waals surface area contributed by atoms with E-state index in [1.807, 2.05) is 18.2 Å². The Morgan fingerprint density at radius 2 is 1.88 bits per heavy atom. The molecule has 2 rings (SSSR count). The minimum Gasteiger partial charge on any atom is -0.490 e. The molecule has 5 nitrogen and oxygen atoms in total. The van der Waals surface area contributed by atoms with E-state index in [2.05, 4.69) is 43.3 Å². The van der Waals surface area contributed by atoms with Crippen LogP contribution in [0.3, 0.4) is 0 Å². The third-order valence-corrected chi connectivity index (χ3v) is 3.94. The number of rotatable bonds is 5. The summed E-state index contributed by atoms with van der Waals surface area (Å²) >= 11 is 0. The first-order valence-electron chi connectivity index (χ1n) is 8.53. The van der Waals surface area contributed by atoms with Crippen molar-refractivity contribution >= 4 is 29.9 Å². The lowest BCUT2D eigenvalue weighted by Gasteiger charge is -2.20. The molecule has 1 atom stereocenters. The minimum atomic E-state index is 0. The van der Waals surface area contributed by atoms with Crippen molar-refractivity contribution in [2.45, 2.75) is 46.7 Å². The van der Waals surface area contributed by atoms with E-state index < -0.39 is 0 Å². The normalized spacial score (nSPS) is 15.3.